The van der Waals surface area contributed by atoms with Crippen molar-refractivity contribution in [2.45, 2.75) is 25.7 Å². The first-order valence-corrected chi connectivity index (χ1v) is 11.6. The Morgan fingerprint density at radius 2 is 1.55 bits per heavy atom. The van der Waals surface area contributed by atoms with Crippen molar-refractivity contribution >= 4 is 27.5 Å². The van der Waals surface area contributed by atoms with Crippen molar-refractivity contribution < 1.29 is 27.5 Å². The molecular formula is C24H26N2O6S. The molecule has 9 heteroatoms. The summed E-state index contributed by atoms with van der Waals surface area (Å²) in [5, 5.41) is 0. The molecule has 0 amide bonds. The van der Waals surface area contributed by atoms with E-state index in [4.69, 9.17) is 9.47 Å². The highest BCUT2D eigenvalue weighted by Gasteiger charge is 2.30. The van der Waals surface area contributed by atoms with Crippen LogP contribution < -0.4 is 9.04 Å². The number of aromatic nitrogens is 1. The van der Waals surface area contributed by atoms with Gasteiger partial charge in [0.1, 0.15) is 5.75 Å². The number of H-pyrrole nitrogens is 1. The summed E-state index contributed by atoms with van der Waals surface area (Å²) in [4.78, 5) is 28.3. The van der Waals surface area contributed by atoms with Crippen molar-refractivity contribution in [3.05, 3.63) is 76.6 Å². The van der Waals surface area contributed by atoms with E-state index in [1.54, 1.807) is 50.2 Å². The lowest BCUT2D eigenvalue weighted by Crippen LogP contribution is -2.36. The van der Waals surface area contributed by atoms with Crippen molar-refractivity contribution in [1.29, 1.82) is 0 Å². The summed E-state index contributed by atoms with van der Waals surface area (Å²) in [5.41, 5.74) is 2.52. The van der Waals surface area contributed by atoms with E-state index in [0.717, 1.165) is 9.87 Å². The fourth-order valence-electron chi connectivity index (χ4n) is 3.55. The Balaban J connectivity index is 2.06. The molecule has 0 saturated carbocycles. The molecule has 0 fully saturated rings. The van der Waals surface area contributed by atoms with E-state index in [1.165, 1.54) is 26.4 Å². The molecule has 1 heterocycles. The summed E-state index contributed by atoms with van der Waals surface area (Å²) in [7, 11) is -1.30. The van der Waals surface area contributed by atoms with Gasteiger partial charge in [-0.1, -0.05) is 17.7 Å². The number of carbonyl (C=O) groups is 2. The molecule has 0 aliphatic heterocycles. The molecule has 3 aromatic rings. The van der Waals surface area contributed by atoms with E-state index < -0.39 is 28.3 Å². The van der Waals surface area contributed by atoms with Crippen molar-refractivity contribution in [2.24, 2.45) is 0 Å². The van der Waals surface area contributed by atoms with Gasteiger partial charge in [0.05, 0.1) is 42.6 Å². The molecule has 0 aliphatic rings. The van der Waals surface area contributed by atoms with Crippen LogP contribution in [0.5, 0.6) is 5.75 Å². The van der Waals surface area contributed by atoms with Crippen LogP contribution in [-0.2, 0) is 14.8 Å². The monoisotopic (exact) mass is 470 g/mol. The van der Waals surface area contributed by atoms with Crippen molar-refractivity contribution in [1.82, 2.24) is 4.98 Å². The number of carbonyl (C=O) groups excluding carboxylic acids is 2. The second-order valence-electron chi connectivity index (χ2n) is 7.56. The highest BCUT2D eigenvalue weighted by atomic mass is 32.2. The molecule has 0 atom stereocenters. The number of esters is 1. The smallest absolute Gasteiger partial charge is 0.339 e. The third kappa shape index (κ3) is 4.78. The quantitative estimate of drug-likeness (QED) is 0.396. The average molecular weight is 471 g/mol. The van der Waals surface area contributed by atoms with Crippen LogP contribution >= 0.6 is 0 Å². The molecule has 33 heavy (non-hydrogen) atoms. The van der Waals surface area contributed by atoms with Gasteiger partial charge in [-0.3, -0.25) is 9.10 Å². The minimum absolute atomic E-state index is 0.0614. The molecule has 0 saturated heterocycles. The van der Waals surface area contributed by atoms with Crippen LogP contribution in [0.4, 0.5) is 5.69 Å². The zero-order valence-electron chi connectivity index (χ0n) is 19.1. The Hall–Kier alpha value is -3.59. The number of aryl methyl sites for hydroxylation is 2. The lowest BCUT2D eigenvalue weighted by Gasteiger charge is -2.24. The molecule has 0 bridgehead atoms. The molecule has 8 nitrogen and oxygen atoms in total. The van der Waals surface area contributed by atoms with Crippen molar-refractivity contribution in [3.63, 3.8) is 0 Å². The maximum absolute atomic E-state index is 13.5. The second-order valence-corrected chi connectivity index (χ2v) is 9.42. The molecule has 1 aromatic heterocycles. The van der Waals surface area contributed by atoms with E-state index >= 15 is 0 Å². The zero-order chi connectivity index (χ0) is 24.3. The van der Waals surface area contributed by atoms with Crippen LogP contribution in [0.15, 0.2) is 53.4 Å². The number of anilines is 1. The number of nitrogens with zero attached hydrogens (tertiary/aromatic N) is 1. The van der Waals surface area contributed by atoms with E-state index in [-0.39, 0.29) is 16.2 Å². The fourth-order valence-corrected chi connectivity index (χ4v) is 4.97. The number of hydrogen-bond donors (Lipinski definition) is 1. The van der Waals surface area contributed by atoms with Gasteiger partial charge in [-0.15, -0.1) is 0 Å². The van der Waals surface area contributed by atoms with Gasteiger partial charge in [-0.25, -0.2) is 13.2 Å². The van der Waals surface area contributed by atoms with Crippen LogP contribution in [-0.4, -0.2) is 45.9 Å². The Labute approximate surface area is 193 Å². The normalized spacial score (nSPS) is 11.2. The Morgan fingerprint density at radius 1 is 0.939 bits per heavy atom. The lowest BCUT2D eigenvalue weighted by molar-refractivity contribution is 0.0599. The van der Waals surface area contributed by atoms with Gasteiger partial charge in [0.25, 0.3) is 10.0 Å². The Bertz CT molecular complexity index is 1280. The summed E-state index contributed by atoms with van der Waals surface area (Å²) < 4.78 is 38.1. The number of rotatable bonds is 8. The van der Waals surface area contributed by atoms with E-state index in [1.807, 2.05) is 6.92 Å². The number of ether oxygens (including phenoxy) is 2. The summed E-state index contributed by atoms with van der Waals surface area (Å²) >= 11 is 0. The molecule has 0 aliphatic carbocycles. The van der Waals surface area contributed by atoms with Crippen LogP contribution in [0.1, 0.15) is 37.7 Å². The van der Waals surface area contributed by atoms with Crippen LogP contribution in [0.25, 0.3) is 0 Å². The Morgan fingerprint density at radius 3 is 2.09 bits per heavy atom. The molecule has 3 rings (SSSR count). The summed E-state index contributed by atoms with van der Waals surface area (Å²) in [6.45, 7) is 4.66. The molecule has 1 N–H and O–H groups in total. The Kier molecular flexibility index (Phi) is 6.92. The minimum atomic E-state index is -4.06. The number of methoxy groups -OCH3 is 2. The summed E-state index contributed by atoms with van der Waals surface area (Å²) in [6.07, 6.45) is 0. The van der Waals surface area contributed by atoms with Crippen molar-refractivity contribution in [2.75, 3.05) is 25.1 Å². The maximum Gasteiger partial charge on any atom is 0.339 e. The lowest BCUT2D eigenvalue weighted by atomic mass is 10.1. The first-order valence-electron chi connectivity index (χ1n) is 10.1. The third-order valence-electron chi connectivity index (χ3n) is 5.36. The number of hydrogen-bond acceptors (Lipinski definition) is 6. The van der Waals surface area contributed by atoms with Crippen LogP contribution in [0.2, 0.25) is 0 Å². The number of sulfonamides is 1. The third-order valence-corrected chi connectivity index (χ3v) is 7.15. The van der Waals surface area contributed by atoms with E-state index in [9.17, 15) is 18.0 Å². The first-order chi connectivity index (χ1) is 15.6. The largest absolute Gasteiger partial charge is 0.497 e. The average Bonchev–Trinajstić information content (AvgIpc) is 3.11. The van der Waals surface area contributed by atoms with Gasteiger partial charge in [-0.2, -0.15) is 0 Å². The molecular weight excluding hydrogens is 444 g/mol. The topological polar surface area (TPSA) is 106 Å². The summed E-state index contributed by atoms with van der Waals surface area (Å²) in [6, 6.07) is 12.8. The summed E-state index contributed by atoms with van der Waals surface area (Å²) in [5.74, 6) is -0.506. The predicted molar refractivity (Wildman–Crippen MR) is 125 cm³/mol. The number of benzene rings is 2. The van der Waals surface area contributed by atoms with Gasteiger partial charge in [-0.05, 0) is 62.7 Å². The van der Waals surface area contributed by atoms with Gasteiger partial charge in [0, 0.05) is 5.69 Å². The van der Waals surface area contributed by atoms with Crippen LogP contribution in [0, 0.1) is 20.8 Å². The predicted octanol–water partition coefficient (Wildman–Crippen LogP) is 3.81. The van der Waals surface area contributed by atoms with Crippen molar-refractivity contribution in [3.8, 4) is 5.75 Å². The molecule has 174 valence electrons. The fraction of sp³-hybridized carbons (Fsp3) is 0.250. The molecule has 0 unspecified atom stereocenters. The highest BCUT2D eigenvalue weighted by Crippen LogP contribution is 2.27. The SMILES string of the molecule is COC(=O)c1c(C)[nH]c(C(=O)CN(c2ccc(OC)cc2)S(=O)(=O)c2ccc(C)cc2)c1C. The highest BCUT2D eigenvalue weighted by molar-refractivity contribution is 7.92. The van der Waals surface area contributed by atoms with E-state index in [0.29, 0.717) is 22.7 Å². The molecule has 0 spiro atoms. The molecule has 0 radical (unpaired) electrons. The minimum Gasteiger partial charge on any atom is -0.497 e. The van der Waals surface area contributed by atoms with Gasteiger partial charge >= 0.3 is 5.97 Å². The molecule has 2 aromatic carbocycles. The van der Waals surface area contributed by atoms with E-state index in [2.05, 4.69) is 4.98 Å². The zero-order valence-corrected chi connectivity index (χ0v) is 19.9. The number of Topliss-reactive ketones (excluding diaryl/α,β-unsaturated/α-hetero) is 1. The number of ketones is 1. The second kappa shape index (κ2) is 9.50. The van der Waals surface area contributed by atoms with Gasteiger partial charge < -0.3 is 14.5 Å². The first kappa shape index (κ1) is 24.1. The maximum atomic E-state index is 13.5. The van der Waals surface area contributed by atoms with Crippen LogP contribution in [0.3, 0.4) is 0 Å². The number of aromatic amines is 1. The van der Waals surface area contributed by atoms with Gasteiger partial charge in [0.2, 0.25) is 0 Å². The standard InChI is InChI=1S/C24H26N2O6S/c1-15-6-12-20(13-7-15)33(29,30)26(18-8-10-19(31-4)11-9-18)14-21(27)23-16(2)22(17(3)25-23)24(28)32-5/h6-13,25H,14H2,1-5H3. The van der Waals surface area contributed by atoms with Gasteiger partial charge in [0.15, 0.2) is 5.78 Å². The number of nitrogens with one attached hydrogen (secondary N) is 1.